The monoisotopic (exact) mass is 1160 g/mol. The molecule has 0 N–H and O–H groups in total. The van der Waals surface area contributed by atoms with Crippen LogP contribution < -0.4 is 0 Å². The predicted octanol–water partition coefficient (Wildman–Crippen LogP) is 21.4. The Morgan fingerprint density at radius 2 is 0.920 bits per heavy atom. The molecule has 6 heterocycles. The summed E-state index contributed by atoms with van der Waals surface area (Å²) in [6.07, 6.45) is 7.44. The van der Waals surface area contributed by atoms with Crippen LogP contribution in [0.1, 0.15) is 95.4 Å². The molecule has 6 nitrogen and oxygen atoms in total. The topological polar surface area (TPSA) is 29.6 Å². The maximum Gasteiger partial charge on any atom is 0.0822 e. The minimum Gasteiger partial charge on any atom is -0.351 e. The molecule has 0 fully saturated rings. The van der Waals surface area contributed by atoms with Crippen molar-refractivity contribution in [1.29, 1.82) is 0 Å². The van der Waals surface area contributed by atoms with Crippen LogP contribution in [0.4, 0.5) is 0 Å². The molecule has 0 radical (unpaired) electrons. The summed E-state index contributed by atoms with van der Waals surface area (Å²) in [5, 5.41) is 5.03. The van der Waals surface area contributed by atoms with E-state index >= 15 is 0 Å². The highest BCUT2D eigenvalue weighted by atomic mass is 15.0. The van der Waals surface area contributed by atoms with Gasteiger partial charge in [-0.3, -0.25) is 0 Å². The zero-order valence-electron chi connectivity index (χ0n) is 67.1. The molecule has 87 heavy (non-hydrogen) atoms. The SMILES string of the molecule is [2H]C([2H])(c1ccccc1)n1cc(-c2ccccc2)c2ccccc21.[2H]c1c(C(C)(C)C)c2ccccc2n1C(C)(C)C.[2H]c1ccc(-n2c([2H])c([2H])c3c([2H])c([2H])c([2H])c([2H])c32)cc1.[2H]c1cn(C(C)(C)C)c2ccccc12.[2H]c1cn(C([2H])([2H])[2H])c2ccccc12.[2H]c1cn(C)c2ccccc12. The summed E-state index contributed by atoms with van der Waals surface area (Å²) in [5.74, 6) is 0. The van der Waals surface area contributed by atoms with Gasteiger partial charge in [0.25, 0.3) is 0 Å². The van der Waals surface area contributed by atoms with E-state index in [0.29, 0.717) is 46.5 Å². The third-order valence-electron chi connectivity index (χ3n) is 14.5. The summed E-state index contributed by atoms with van der Waals surface area (Å²) in [6.45, 7) is 15.6. The Labute approximate surface area is 537 Å². The van der Waals surface area contributed by atoms with Crippen LogP contribution in [0.2, 0.25) is 0 Å². The van der Waals surface area contributed by atoms with Crippen molar-refractivity contribution in [2.24, 2.45) is 14.0 Å². The smallest absolute Gasteiger partial charge is 0.0822 e. The lowest BCUT2D eigenvalue weighted by atomic mass is 9.87. The Bertz CT molecular complexity index is 5320. The number of hydrogen-bond acceptors (Lipinski definition) is 0. The van der Waals surface area contributed by atoms with Gasteiger partial charge in [0.05, 0.1) is 23.3 Å². The molecule has 15 rings (SSSR count). The summed E-state index contributed by atoms with van der Waals surface area (Å²) in [4.78, 5) is 0. The highest BCUT2D eigenvalue weighted by Gasteiger charge is 2.24. The van der Waals surface area contributed by atoms with Crippen molar-refractivity contribution in [3.63, 3.8) is 0 Å². The van der Waals surface area contributed by atoms with Crippen LogP contribution in [0.25, 0.3) is 82.2 Å². The Hall–Kier alpha value is -9.78. The standard InChI is InChI=1S/C21H17N.C16H23N.C14H11N.C12H15N.2C9H9N/c1-3-9-17(10-4-1)15-22-16-20(18-11-5-2-6-12-18)19-13-7-8-14-21(19)22;1-15(2,3)13-11-17(16(4,5)6)14-10-8-7-9-12(13)14;1-2-7-13(8-3-1)15-11-10-12-6-4-5-9-14(12)15;1-12(2,3)13-9-8-10-6-4-5-7-11(10)13;2*1-10-7-6-8-4-2-3-5-9(8)10/h1-14,16H,15H2;7-11H,1-6H3;1-11H;4-9H,1-3H3;2*2-7H,1H3/i15D2;11D;1D,4D,5D,6D,9D,10D,11D;8D;1D3,6D;6D. The minimum atomic E-state index is -2.21. The molecule has 0 saturated heterocycles. The molecule has 9 aromatic carbocycles. The van der Waals surface area contributed by atoms with Crippen molar-refractivity contribution in [1.82, 2.24) is 27.4 Å². The second-order valence-corrected chi connectivity index (χ2v) is 24.0. The average molecular weight is 1160 g/mol. The molecule has 0 unspecified atom stereocenters. The van der Waals surface area contributed by atoms with Gasteiger partial charge in [-0.2, -0.15) is 0 Å². The number of aryl methyl sites for hydroxylation is 2. The molecule has 6 aromatic heterocycles. The molecular formula is C81H84N6. The molecule has 15 aromatic rings. The Morgan fingerprint density at radius 3 is 1.53 bits per heavy atom. The Kier molecular flexibility index (Phi) is 13.1. The van der Waals surface area contributed by atoms with E-state index in [1.54, 1.807) is 41.0 Å². The van der Waals surface area contributed by atoms with Crippen LogP contribution in [-0.4, -0.2) is 27.4 Å². The molecule has 0 amide bonds. The highest BCUT2D eigenvalue weighted by molar-refractivity contribution is 5.96. The van der Waals surface area contributed by atoms with Crippen LogP contribution in [0.15, 0.2) is 298 Å². The van der Waals surface area contributed by atoms with E-state index in [9.17, 15) is 0 Å². The quantitative estimate of drug-likeness (QED) is 0.168. The van der Waals surface area contributed by atoms with Crippen LogP contribution in [0.5, 0.6) is 0 Å². The third kappa shape index (κ3) is 14.5. The first-order valence-electron chi connectivity index (χ1n) is 37.1. The van der Waals surface area contributed by atoms with Gasteiger partial charge in [-0.25, -0.2) is 0 Å². The van der Waals surface area contributed by atoms with Crippen molar-refractivity contribution in [2.45, 2.75) is 85.3 Å². The zero-order valence-corrected chi connectivity index (χ0v) is 51.1. The van der Waals surface area contributed by atoms with Crippen molar-refractivity contribution in [3.8, 4) is 16.8 Å². The molecule has 0 atom stereocenters. The van der Waals surface area contributed by atoms with Crippen molar-refractivity contribution in [2.75, 3.05) is 0 Å². The lowest BCUT2D eigenvalue weighted by Crippen LogP contribution is -2.20. The van der Waals surface area contributed by atoms with Gasteiger partial charge in [-0.15, -0.1) is 0 Å². The summed E-state index contributed by atoms with van der Waals surface area (Å²) >= 11 is 0. The van der Waals surface area contributed by atoms with E-state index in [2.05, 4.69) is 120 Å². The fourth-order valence-electron chi connectivity index (χ4n) is 10.2. The van der Waals surface area contributed by atoms with Crippen molar-refractivity contribution in [3.05, 3.63) is 309 Å². The van der Waals surface area contributed by atoms with E-state index in [-0.39, 0.29) is 57.7 Å². The maximum atomic E-state index is 8.70. The normalized spacial score (nSPS) is 14.4. The minimum absolute atomic E-state index is 0.00676. The number of para-hydroxylation sites is 7. The van der Waals surface area contributed by atoms with Gasteiger partial charge in [0, 0.05) is 122 Å². The molecule has 0 bridgehead atoms. The first-order valence-corrected chi connectivity index (χ1v) is 29.1. The molecular weight excluding hydrogens is 1060 g/mol. The van der Waals surface area contributed by atoms with Crippen LogP contribution in [0, 0.1) is 0 Å². The van der Waals surface area contributed by atoms with E-state index in [4.69, 9.17) is 21.9 Å². The predicted molar refractivity (Wildman–Crippen MR) is 375 cm³/mol. The Morgan fingerprint density at radius 1 is 0.414 bits per heavy atom. The largest absolute Gasteiger partial charge is 0.351 e. The molecule has 0 aliphatic heterocycles. The molecule has 0 spiro atoms. The summed E-state index contributed by atoms with van der Waals surface area (Å²) in [7, 11) is 1.96. The van der Waals surface area contributed by atoms with Crippen LogP contribution in [0.3, 0.4) is 0 Å². The number of rotatable bonds is 4. The van der Waals surface area contributed by atoms with Crippen LogP contribution >= 0.6 is 0 Å². The maximum absolute atomic E-state index is 8.70. The number of fused-ring (bicyclic) bond motifs is 6. The summed E-state index contributed by atoms with van der Waals surface area (Å²) in [6, 6.07) is 65.1. The average Bonchev–Trinajstić information content (AvgIpc) is 1.59. The van der Waals surface area contributed by atoms with E-state index in [1.807, 2.05) is 139 Å². The summed E-state index contributed by atoms with van der Waals surface area (Å²) in [5.41, 5.74) is 9.39. The molecule has 0 aliphatic carbocycles. The first kappa shape index (κ1) is 42.9. The van der Waals surface area contributed by atoms with Gasteiger partial charge >= 0.3 is 0 Å². The van der Waals surface area contributed by atoms with E-state index in [1.165, 1.54) is 33.8 Å². The van der Waals surface area contributed by atoms with E-state index in [0.717, 1.165) is 54.0 Å². The molecule has 0 aliphatic rings. The lowest BCUT2D eigenvalue weighted by molar-refractivity contribution is 0.408. The number of nitrogens with zero attached hydrogens (tertiary/aromatic N) is 6. The van der Waals surface area contributed by atoms with Gasteiger partial charge in [0.15, 0.2) is 0 Å². The second-order valence-electron chi connectivity index (χ2n) is 24.0. The van der Waals surface area contributed by atoms with Gasteiger partial charge in [0.1, 0.15) is 0 Å². The first-order chi connectivity index (χ1) is 48.4. The van der Waals surface area contributed by atoms with Crippen molar-refractivity contribution < 1.29 is 21.9 Å². The molecule has 0 saturated carbocycles. The second kappa shape index (κ2) is 26.6. The summed E-state index contributed by atoms with van der Waals surface area (Å²) < 4.78 is 136. The third-order valence-corrected chi connectivity index (χ3v) is 14.5. The zero-order chi connectivity index (χ0) is 75.0. The number of aromatic nitrogens is 6. The van der Waals surface area contributed by atoms with E-state index < -0.39 is 25.6 Å². The van der Waals surface area contributed by atoms with Gasteiger partial charge in [-0.05, 0) is 158 Å². The lowest BCUT2D eigenvalue weighted by Gasteiger charge is -2.23. The van der Waals surface area contributed by atoms with Gasteiger partial charge in [0.2, 0.25) is 0 Å². The van der Waals surface area contributed by atoms with Gasteiger partial charge < -0.3 is 27.4 Å². The van der Waals surface area contributed by atoms with Crippen molar-refractivity contribution >= 4 is 65.4 Å². The number of hydrogen-bond donors (Lipinski definition) is 0. The highest BCUT2D eigenvalue weighted by Crippen LogP contribution is 2.35. The van der Waals surface area contributed by atoms with Crippen LogP contribution in [-0.2, 0) is 37.0 Å². The Balaban J connectivity index is 0.000000135. The fraction of sp³-hybridized carbons (Fsp3) is 0.185. The number of benzene rings is 9. The van der Waals surface area contributed by atoms with Gasteiger partial charge in [-0.1, -0.05) is 209 Å². The fourth-order valence-corrected chi connectivity index (χ4v) is 10.2. The molecule has 438 valence electrons. The molecule has 6 heteroatoms.